The number of hydrogen-bond donors (Lipinski definition) is 2. The number of carbonyl (C=O) groups is 1. The maximum Gasteiger partial charge on any atom is 0.291 e. The third-order valence-corrected chi connectivity index (χ3v) is 6.12. The standard InChI is InChI=1S/C24H27N9O2/c1-15-30-22(31-33(15)14-16-11-28-24(29-12-16)32-9-3-4-10-32)23(34)27-13-17-5-6-19-18(20(17)35-2)7-8-26-21(19)25/h5-8,11-12H,3-4,9-10,13-14H2,1-2H3,(H2,25,26)(H,27,34). The number of aromatic nitrogens is 6. The number of pyridine rings is 1. The first kappa shape index (κ1) is 22.5. The Hall–Kier alpha value is -4.28. The summed E-state index contributed by atoms with van der Waals surface area (Å²) in [6.45, 7) is 4.49. The Morgan fingerprint density at radius 2 is 1.89 bits per heavy atom. The van der Waals surface area contributed by atoms with Gasteiger partial charge >= 0.3 is 0 Å². The molecule has 5 rings (SSSR count). The van der Waals surface area contributed by atoms with Crippen LogP contribution in [0.25, 0.3) is 10.8 Å². The highest BCUT2D eigenvalue weighted by atomic mass is 16.5. The predicted octanol–water partition coefficient (Wildman–Crippen LogP) is 2.09. The second-order valence-corrected chi connectivity index (χ2v) is 8.46. The van der Waals surface area contributed by atoms with E-state index < -0.39 is 0 Å². The Balaban J connectivity index is 1.26. The third-order valence-electron chi connectivity index (χ3n) is 6.12. The van der Waals surface area contributed by atoms with E-state index in [4.69, 9.17) is 10.5 Å². The van der Waals surface area contributed by atoms with Gasteiger partial charge in [0, 0.05) is 60.1 Å². The van der Waals surface area contributed by atoms with E-state index >= 15 is 0 Å². The zero-order valence-corrected chi connectivity index (χ0v) is 19.7. The molecule has 1 aliphatic heterocycles. The molecule has 0 aliphatic carbocycles. The fourth-order valence-electron chi connectivity index (χ4n) is 4.28. The quantitative estimate of drug-likeness (QED) is 0.413. The number of benzene rings is 1. The van der Waals surface area contributed by atoms with Gasteiger partial charge in [0.2, 0.25) is 11.8 Å². The number of ether oxygens (including phenoxy) is 1. The largest absolute Gasteiger partial charge is 0.496 e. The molecule has 0 spiro atoms. The van der Waals surface area contributed by atoms with Crippen LogP contribution >= 0.6 is 0 Å². The molecule has 1 fully saturated rings. The summed E-state index contributed by atoms with van der Waals surface area (Å²) < 4.78 is 7.27. The van der Waals surface area contributed by atoms with Gasteiger partial charge in [0.1, 0.15) is 17.4 Å². The molecule has 1 saturated heterocycles. The number of methoxy groups -OCH3 is 1. The Morgan fingerprint density at radius 3 is 2.63 bits per heavy atom. The zero-order chi connectivity index (χ0) is 24.4. The fraction of sp³-hybridized carbons (Fsp3) is 0.333. The van der Waals surface area contributed by atoms with Crippen molar-refractivity contribution in [1.29, 1.82) is 0 Å². The third kappa shape index (κ3) is 4.57. The van der Waals surface area contributed by atoms with Crippen molar-refractivity contribution in [2.24, 2.45) is 0 Å². The van der Waals surface area contributed by atoms with Gasteiger partial charge in [0.15, 0.2) is 0 Å². The molecule has 180 valence electrons. The van der Waals surface area contributed by atoms with Crippen molar-refractivity contribution >= 4 is 28.4 Å². The van der Waals surface area contributed by atoms with Crippen LogP contribution < -0.4 is 20.7 Å². The predicted molar refractivity (Wildman–Crippen MR) is 131 cm³/mol. The van der Waals surface area contributed by atoms with Crippen molar-refractivity contribution in [3.8, 4) is 5.75 Å². The van der Waals surface area contributed by atoms with Gasteiger partial charge in [-0.3, -0.25) is 4.79 Å². The fourth-order valence-corrected chi connectivity index (χ4v) is 4.28. The lowest BCUT2D eigenvalue weighted by molar-refractivity contribution is 0.0940. The van der Waals surface area contributed by atoms with Crippen LogP contribution in [0.5, 0.6) is 5.75 Å². The smallest absolute Gasteiger partial charge is 0.291 e. The molecule has 11 nitrogen and oxygen atoms in total. The first-order valence-corrected chi connectivity index (χ1v) is 11.5. The number of nitrogens with one attached hydrogen (secondary N) is 1. The van der Waals surface area contributed by atoms with E-state index in [1.807, 2.05) is 25.1 Å². The molecule has 0 atom stereocenters. The summed E-state index contributed by atoms with van der Waals surface area (Å²) in [7, 11) is 1.59. The highest BCUT2D eigenvalue weighted by molar-refractivity contribution is 5.96. The Bertz CT molecular complexity index is 1360. The molecule has 4 heterocycles. The summed E-state index contributed by atoms with van der Waals surface area (Å²) >= 11 is 0. The molecule has 35 heavy (non-hydrogen) atoms. The van der Waals surface area contributed by atoms with E-state index in [0.29, 0.717) is 23.9 Å². The summed E-state index contributed by atoms with van der Waals surface area (Å²) in [5.41, 5.74) is 7.67. The van der Waals surface area contributed by atoms with Crippen LogP contribution in [0.15, 0.2) is 36.8 Å². The highest BCUT2D eigenvalue weighted by Gasteiger charge is 2.18. The summed E-state index contributed by atoms with van der Waals surface area (Å²) in [5.74, 6) is 2.19. The summed E-state index contributed by atoms with van der Waals surface area (Å²) in [5, 5.41) is 8.91. The average Bonchev–Trinajstić information content (AvgIpc) is 3.53. The molecular formula is C24H27N9O2. The van der Waals surface area contributed by atoms with Crippen molar-refractivity contribution < 1.29 is 9.53 Å². The minimum absolute atomic E-state index is 0.102. The molecule has 1 amide bonds. The van der Waals surface area contributed by atoms with Gasteiger partial charge in [-0.15, -0.1) is 5.10 Å². The molecule has 0 saturated carbocycles. The average molecular weight is 474 g/mol. The second-order valence-electron chi connectivity index (χ2n) is 8.46. The van der Waals surface area contributed by atoms with Gasteiger partial charge in [-0.05, 0) is 25.8 Å². The number of hydrogen-bond acceptors (Lipinski definition) is 9. The Kier molecular flexibility index (Phi) is 6.13. The van der Waals surface area contributed by atoms with Gasteiger partial charge in [0.05, 0.1) is 13.7 Å². The number of nitrogen functional groups attached to an aromatic ring is 1. The number of fused-ring (bicyclic) bond motifs is 1. The van der Waals surface area contributed by atoms with Crippen molar-refractivity contribution in [1.82, 2.24) is 35.0 Å². The normalized spacial score (nSPS) is 13.4. The van der Waals surface area contributed by atoms with Crippen LogP contribution in [0, 0.1) is 6.92 Å². The molecule has 11 heteroatoms. The number of nitrogens with zero attached hydrogens (tertiary/aromatic N) is 7. The molecule has 1 aromatic carbocycles. The lowest BCUT2D eigenvalue weighted by Gasteiger charge is -2.14. The zero-order valence-electron chi connectivity index (χ0n) is 19.7. The van der Waals surface area contributed by atoms with Crippen molar-refractivity contribution in [3.63, 3.8) is 0 Å². The summed E-state index contributed by atoms with van der Waals surface area (Å²) in [6, 6.07) is 5.57. The molecule has 3 aromatic heterocycles. The van der Waals surface area contributed by atoms with Crippen LogP contribution in [0.4, 0.5) is 11.8 Å². The lowest BCUT2D eigenvalue weighted by atomic mass is 10.1. The summed E-state index contributed by atoms with van der Waals surface area (Å²) in [6.07, 6.45) is 7.58. The van der Waals surface area contributed by atoms with E-state index in [9.17, 15) is 4.79 Å². The first-order valence-electron chi connectivity index (χ1n) is 11.5. The minimum atomic E-state index is -0.371. The number of rotatable bonds is 7. The van der Waals surface area contributed by atoms with Crippen LogP contribution in [-0.4, -0.2) is 55.8 Å². The van der Waals surface area contributed by atoms with Crippen LogP contribution in [-0.2, 0) is 13.1 Å². The number of carbonyl (C=O) groups excluding carboxylic acids is 1. The van der Waals surface area contributed by atoms with Gasteiger partial charge in [0.25, 0.3) is 5.91 Å². The van der Waals surface area contributed by atoms with Crippen LogP contribution in [0.2, 0.25) is 0 Å². The number of anilines is 2. The molecular weight excluding hydrogens is 446 g/mol. The van der Waals surface area contributed by atoms with Crippen LogP contribution in [0.1, 0.15) is 40.4 Å². The van der Waals surface area contributed by atoms with Crippen LogP contribution in [0.3, 0.4) is 0 Å². The van der Waals surface area contributed by atoms with E-state index in [1.165, 1.54) is 12.8 Å². The molecule has 0 radical (unpaired) electrons. The Morgan fingerprint density at radius 1 is 1.11 bits per heavy atom. The molecule has 1 aliphatic rings. The van der Waals surface area contributed by atoms with Gasteiger partial charge in [-0.2, -0.15) is 0 Å². The SMILES string of the molecule is COc1c(CNC(=O)c2nc(C)n(Cc3cnc(N4CCCC4)nc3)n2)ccc2c(N)nccc12. The molecule has 4 aromatic rings. The maximum atomic E-state index is 12.8. The van der Waals surface area contributed by atoms with Gasteiger partial charge in [-0.1, -0.05) is 12.1 Å². The number of amides is 1. The Labute approximate surface area is 202 Å². The second kappa shape index (κ2) is 9.53. The number of nitrogens with two attached hydrogens (primary N) is 1. The minimum Gasteiger partial charge on any atom is -0.496 e. The van der Waals surface area contributed by atoms with E-state index in [0.717, 1.165) is 40.9 Å². The van der Waals surface area contributed by atoms with Crippen molar-refractivity contribution in [2.75, 3.05) is 30.8 Å². The molecule has 0 unspecified atom stereocenters. The maximum absolute atomic E-state index is 12.8. The molecule has 0 bridgehead atoms. The molecule has 3 N–H and O–H groups in total. The lowest BCUT2D eigenvalue weighted by Crippen LogP contribution is -2.24. The van der Waals surface area contributed by atoms with Gasteiger partial charge in [-0.25, -0.2) is 24.6 Å². The highest BCUT2D eigenvalue weighted by Crippen LogP contribution is 2.31. The van der Waals surface area contributed by atoms with E-state index in [1.54, 1.807) is 30.4 Å². The summed E-state index contributed by atoms with van der Waals surface area (Å²) in [4.78, 5) is 32.4. The topological polar surface area (TPSA) is 137 Å². The van der Waals surface area contributed by atoms with E-state index in [2.05, 4.69) is 35.3 Å². The van der Waals surface area contributed by atoms with Gasteiger partial charge < -0.3 is 20.7 Å². The van der Waals surface area contributed by atoms with Crippen molar-refractivity contribution in [3.05, 3.63) is 59.6 Å². The monoisotopic (exact) mass is 473 g/mol. The van der Waals surface area contributed by atoms with E-state index in [-0.39, 0.29) is 18.3 Å². The first-order chi connectivity index (χ1) is 17.0. The number of aryl methyl sites for hydroxylation is 1. The van der Waals surface area contributed by atoms with Crippen molar-refractivity contribution in [2.45, 2.75) is 32.9 Å².